The fourth-order valence-corrected chi connectivity index (χ4v) is 3.21. The van der Waals surface area contributed by atoms with E-state index in [1.807, 2.05) is 36.4 Å². The molecule has 0 N–H and O–H groups in total. The zero-order valence-corrected chi connectivity index (χ0v) is 18.1. The summed E-state index contributed by atoms with van der Waals surface area (Å²) in [5, 5.41) is 0. The van der Waals surface area contributed by atoms with Gasteiger partial charge in [0.2, 0.25) is 0 Å². The van der Waals surface area contributed by atoms with Gasteiger partial charge in [-0.25, -0.2) is 9.98 Å². The van der Waals surface area contributed by atoms with Crippen LogP contribution in [0.25, 0.3) is 0 Å². The second kappa shape index (κ2) is 9.80. The molecule has 0 radical (unpaired) electrons. The average Bonchev–Trinajstić information content (AvgIpc) is 3.41. The van der Waals surface area contributed by atoms with Crippen LogP contribution >= 0.6 is 20.2 Å². The molecule has 28 heavy (non-hydrogen) atoms. The number of rotatable bonds is 4. The normalized spacial score (nSPS) is 21.1. The van der Waals surface area contributed by atoms with Crippen LogP contribution in [0.1, 0.15) is 37.1 Å². The average molecular weight is 469 g/mol. The van der Waals surface area contributed by atoms with E-state index in [1.54, 1.807) is 0 Å². The van der Waals surface area contributed by atoms with Gasteiger partial charge in [-0.15, -0.1) is 0 Å². The van der Waals surface area contributed by atoms with E-state index in [2.05, 4.69) is 58.3 Å². The van der Waals surface area contributed by atoms with Crippen LogP contribution in [0.5, 0.6) is 0 Å². The Morgan fingerprint density at radius 1 is 0.786 bits per heavy atom. The van der Waals surface area contributed by atoms with Gasteiger partial charge in [0.05, 0.1) is 0 Å². The van der Waals surface area contributed by atoms with Crippen molar-refractivity contribution in [3.8, 4) is 0 Å². The second-order valence-corrected chi connectivity index (χ2v) is 8.57. The Labute approximate surface area is 180 Å². The van der Waals surface area contributed by atoms with Gasteiger partial charge in [-0.3, -0.25) is 0 Å². The standard InChI is InChI=1S/C21H22N2O2.2ClH.Cu/c1-21(2,19-22-17(13-24-19)15-9-5-3-6-10-15)20-23-18(14-25-20)16-11-7-4-8-12-16;;;/h3-12,17-18H,13-14H2,1-2H3;2*1H;/q;;;+2/p-2/t17-,18-;;;/m1.../s1. The molecule has 7 heteroatoms. The molecule has 2 atom stereocenters. The molecule has 4 nitrogen and oxygen atoms in total. The number of hydrogen-bond donors (Lipinski definition) is 0. The topological polar surface area (TPSA) is 43.2 Å². The van der Waals surface area contributed by atoms with E-state index in [0.29, 0.717) is 25.0 Å². The maximum atomic E-state index is 5.93. The molecule has 0 fully saturated rings. The van der Waals surface area contributed by atoms with Crippen LogP contribution in [0, 0.1) is 5.41 Å². The Balaban J connectivity index is 0.000000706. The summed E-state index contributed by atoms with van der Waals surface area (Å²) in [4.78, 5) is 9.61. The molecule has 2 aromatic carbocycles. The van der Waals surface area contributed by atoms with E-state index in [1.165, 1.54) is 11.1 Å². The van der Waals surface area contributed by atoms with Crippen LogP contribution in [0.15, 0.2) is 70.6 Å². The number of halogens is 2. The first kappa shape index (κ1) is 21.2. The van der Waals surface area contributed by atoms with E-state index >= 15 is 0 Å². The molecule has 2 aliphatic heterocycles. The van der Waals surface area contributed by atoms with E-state index in [4.69, 9.17) is 19.5 Å². The minimum absolute atomic E-state index is 0.0439. The molecule has 0 saturated heterocycles. The number of hydrogen-bond acceptors (Lipinski definition) is 4. The molecule has 153 valence electrons. The quantitative estimate of drug-likeness (QED) is 0.538. The fourth-order valence-electron chi connectivity index (χ4n) is 3.21. The maximum absolute atomic E-state index is 5.93. The van der Waals surface area contributed by atoms with E-state index in [9.17, 15) is 0 Å². The molecule has 2 aliphatic rings. The van der Waals surface area contributed by atoms with Crippen molar-refractivity contribution in [1.29, 1.82) is 0 Å². The van der Waals surface area contributed by atoms with Gasteiger partial charge >= 0.3 is 33.3 Å². The third-order valence-electron chi connectivity index (χ3n) is 4.74. The molecule has 0 bridgehead atoms. The predicted molar refractivity (Wildman–Crippen MR) is 111 cm³/mol. The molecule has 0 spiro atoms. The summed E-state index contributed by atoms with van der Waals surface area (Å²) in [7, 11) is 9.34. The third-order valence-corrected chi connectivity index (χ3v) is 4.74. The van der Waals surface area contributed by atoms with E-state index < -0.39 is 5.41 Å². The van der Waals surface area contributed by atoms with E-state index in [-0.39, 0.29) is 12.1 Å². The van der Waals surface area contributed by atoms with Crippen LogP contribution < -0.4 is 0 Å². The molecule has 4 rings (SSSR count). The molecule has 2 heterocycles. The molecular formula is C21H22Cl2CuN2O2. The van der Waals surface area contributed by atoms with Crippen molar-refractivity contribution < 1.29 is 22.6 Å². The number of nitrogens with zero attached hydrogens (tertiary/aromatic N) is 2. The SMILES string of the molecule is CC(C)(C1=N[C@@H](c2ccccc2)CO1)C1=N[C@@H](c2ccccc2)CO1.[Cl][Cu][Cl]. The molecular weight excluding hydrogens is 447 g/mol. The van der Waals surface area contributed by atoms with Crippen LogP contribution in [0.3, 0.4) is 0 Å². The Morgan fingerprint density at radius 3 is 1.50 bits per heavy atom. The van der Waals surface area contributed by atoms with Gasteiger partial charge in [-0.05, 0) is 25.0 Å². The van der Waals surface area contributed by atoms with Crippen molar-refractivity contribution in [2.24, 2.45) is 15.4 Å². The summed E-state index contributed by atoms with van der Waals surface area (Å²) in [5.41, 5.74) is 1.88. The molecule has 0 amide bonds. The number of benzene rings is 2. The van der Waals surface area contributed by atoms with Gasteiger partial charge in [-0.2, -0.15) is 0 Å². The first-order valence-electron chi connectivity index (χ1n) is 8.89. The Kier molecular flexibility index (Phi) is 7.42. The molecule has 0 saturated carbocycles. The molecule has 0 unspecified atom stereocenters. The van der Waals surface area contributed by atoms with Crippen molar-refractivity contribution in [3.05, 3.63) is 71.8 Å². The monoisotopic (exact) mass is 467 g/mol. The summed E-state index contributed by atoms with van der Waals surface area (Å²) in [6, 6.07) is 20.6. The van der Waals surface area contributed by atoms with Gasteiger partial charge in [0.15, 0.2) is 11.8 Å². The Bertz CT molecular complexity index is 761. The number of aliphatic imine (C=N–C) groups is 2. The molecule has 0 aromatic heterocycles. The van der Waals surface area contributed by atoms with Crippen molar-refractivity contribution in [3.63, 3.8) is 0 Å². The predicted octanol–water partition coefficient (Wildman–Crippen LogP) is 5.73. The summed E-state index contributed by atoms with van der Waals surface area (Å²) < 4.78 is 11.9. The van der Waals surface area contributed by atoms with E-state index in [0.717, 1.165) is 13.1 Å². The second-order valence-electron chi connectivity index (χ2n) is 7.01. The van der Waals surface area contributed by atoms with Crippen molar-refractivity contribution >= 4 is 32.0 Å². The third kappa shape index (κ3) is 4.90. The van der Waals surface area contributed by atoms with Crippen LogP contribution in [0.4, 0.5) is 0 Å². The van der Waals surface area contributed by atoms with Gasteiger partial charge in [0.1, 0.15) is 30.7 Å². The van der Waals surface area contributed by atoms with Gasteiger partial charge in [0, 0.05) is 0 Å². The summed E-state index contributed by atoms with van der Waals surface area (Å²) in [6.07, 6.45) is 0. The zero-order chi connectivity index (χ0) is 20.0. The first-order valence-corrected chi connectivity index (χ1v) is 11.5. The minimum atomic E-state index is -0.465. The van der Waals surface area contributed by atoms with Gasteiger partial charge < -0.3 is 9.47 Å². The molecule has 0 aliphatic carbocycles. The van der Waals surface area contributed by atoms with Crippen molar-refractivity contribution in [2.75, 3.05) is 13.2 Å². The van der Waals surface area contributed by atoms with Crippen LogP contribution in [0.2, 0.25) is 0 Å². The first-order chi connectivity index (χ1) is 13.6. The number of ether oxygens (including phenoxy) is 2. The molecule has 2 aromatic rings. The summed E-state index contributed by atoms with van der Waals surface area (Å²) >= 11 is 0.757. The van der Waals surface area contributed by atoms with Crippen molar-refractivity contribution in [1.82, 2.24) is 0 Å². The summed E-state index contributed by atoms with van der Waals surface area (Å²) in [5.74, 6) is 1.41. The van der Waals surface area contributed by atoms with Crippen LogP contribution in [-0.4, -0.2) is 25.0 Å². The van der Waals surface area contributed by atoms with Crippen LogP contribution in [-0.2, 0) is 22.6 Å². The Morgan fingerprint density at radius 2 is 1.14 bits per heavy atom. The van der Waals surface area contributed by atoms with Gasteiger partial charge in [-0.1, -0.05) is 60.7 Å². The van der Waals surface area contributed by atoms with Gasteiger partial charge in [0.25, 0.3) is 0 Å². The van der Waals surface area contributed by atoms with Crippen molar-refractivity contribution in [2.45, 2.75) is 25.9 Å². The fraction of sp³-hybridized carbons (Fsp3) is 0.333. The Hall–Kier alpha value is -1.52. The zero-order valence-electron chi connectivity index (χ0n) is 15.6. The summed E-state index contributed by atoms with van der Waals surface area (Å²) in [6.45, 7) is 5.26.